The first-order valence-corrected chi connectivity index (χ1v) is 8.47. The molecule has 0 radical (unpaired) electrons. The highest BCUT2D eigenvalue weighted by Crippen LogP contribution is 2.18. The van der Waals surface area contributed by atoms with E-state index in [0.29, 0.717) is 25.1 Å². The van der Waals surface area contributed by atoms with E-state index in [0.717, 1.165) is 6.42 Å². The van der Waals surface area contributed by atoms with E-state index >= 15 is 0 Å². The number of carbonyl (C=O) groups excluding carboxylic acids is 1. The number of rotatable bonds is 4. The fraction of sp³-hybridized carbons (Fsp3) is 0.500. The molecular weight excluding hydrogens is 295 g/mol. The average Bonchev–Trinajstić information content (AvgIpc) is 2.41. The minimum Gasteiger partial charge on any atom is -0.352 e. The Morgan fingerprint density at radius 3 is 2.67 bits per heavy atom. The van der Waals surface area contributed by atoms with E-state index < -0.39 is 10.0 Å². The maximum absolute atomic E-state index is 12.8. The van der Waals surface area contributed by atoms with E-state index in [2.05, 4.69) is 5.32 Å². The van der Waals surface area contributed by atoms with Gasteiger partial charge in [0, 0.05) is 26.1 Å². The van der Waals surface area contributed by atoms with Gasteiger partial charge in [-0.1, -0.05) is 12.1 Å². The average molecular weight is 314 g/mol. The summed E-state index contributed by atoms with van der Waals surface area (Å²) in [6.45, 7) is 2.18. The lowest BCUT2D eigenvalue weighted by Gasteiger charge is -2.32. The summed E-state index contributed by atoms with van der Waals surface area (Å²) in [6, 6.07) is 5.31. The lowest BCUT2D eigenvalue weighted by Crippen LogP contribution is -2.49. The number of hydrogen-bond acceptors (Lipinski definition) is 3. The Labute approximate surface area is 124 Å². The molecule has 1 aromatic rings. The van der Waals surface area contributed by atoms with Crippen molar-refractivity contribution >= 4 is 15.9 Å². The molecule has 0 aliphatic carbocycles. The number of sulfonamides is 1. The second kappa shape index (κ2) is 6.53. The Morgan fingerprint density at radius 2 is 2.05 bits per heavy atom. The SMILES string of the molecule is CC(=O)N[C@@H]1CCCN(S(=O)(=O)Cc2ccc(F)cc2)C1. The monoisotopic (exact) mass is 314 g/mol. The first-order valence-electron chi connectivity index (χ1n) is 6.86. The molecule has 1 atom stereocenters. The molecule has 0 saturated carbocycles. The van der Waals surface area contributed by atoms with Crippen LogP contribution in [0.4, 0.5) is 4.39 Å². The number of hydrogen-bond donors (Lipinski definition) is 1. The summed E-state index contributed by atoms with van der Waals surface area (Å²) in [5, 5.41) is 2.76. The van der Waals surface area contributed by atoms with Crippen molar-refractivity contribution in [2.75, 3.05) is 13.1 Å². The van der Waals surface area contributed by atoms with Gasteiger partial charge in [-0.2, -0.15) is 4.31 Å². The smallest absolute Gasteiger partial charge is 0.218 e. The van der Waals surface area contributed by atoms with Crippen LogP contribution in [0.15, 0.2) is 24.3 Å². The topological polar surface area (TPSA) is 66.5 Å². The van der Waals surface area contributed by atoms with Gasteiger partial charge in [0.1, 0.15) is 5.82 Å². The van der Waals surface area contributed by atoms with Crippen LogP contribution in [-0.4, -0.2) is 37.8 Å². The zero-order valence-electron chi connectivity index (χ0n) is 11.9. The Morgan fingerprint density at radius 1 is 1.38 bits per heavy atom. The molecule has 2 rings (SSSR count). The van der Waals surface area contributed by atoms with Crippen molar-refractivity contribution in [2.45, 2.75) is 31.6 Å². The molecule has 0 bridgehead atoms. The molecule has 21 heavy (non-hydrogen) atoms. The van der Waals surface area contributed by atoms with Gasteiger partial charge < -0.3 is 5.32 Å². The van der Waals surface area contributed by atoms with E-state index in [1.54, 1.807) is 0 Å². The molecule has 1 aliphatic rings. The van der Waals surface area contributed by atoms with Crippen LogP contribution in [0.5, 0.6) is 0 Å². The van der Waals surface area contributed by atoms with Crippen LogP contribution < -0.4 is 5.32 Å². The number of benzene rings is 1. The van der Waals surface area contributed by atoms with Gasteiger partial charge in [0.25, 0.3) is 0 Å². The van der Waals surface area contributed by atoms with E-state index in [-0.39, 0.29) is 23.5 Å². The van der Waals surface area contributed by atoms with Crippen LogP contribution in [0, 0.1) is 5.82 Å². The standard InChI is InChI=1S/C14H19FN2O3S/c1-11(18)16-14-3-2-8-17(9-14)21(19,20)10-12-4-6-13(15)7-5-12/h4-7,14H,2-3,8-10H2,1H3,(H,16,18)/t14-/m1/s1. The lowest BCUT2D eigenvalue weighted by molar-refractivity contribution is -0.119. The van der Waals surface area contributed by atoms with Crippen molar-refractivity contribution in [1.29, 1.82) is 0 Å². The molecule has 1 fully saturated rings. The molecular formula is C14H19FN2O3S. The first-order chi connectivity index (χ1) is 9.87. The van der Waals surface area contributed by atoms with Gasteiger partial charge in [0.05, 0.1) is 5.75 Å². The van der Waals surface area contributed by atoms with E-state index in [9.17, 15) is 17.6 Å². The second-order valence-corrected chi connectivity index (χ2v) is 7.25. The van der Waals surface area contributed by atoms with Crippen molar-refractivity contribution in [3.63, 3.8) is 0 Å². The van der Waals surface area contributed by atoms with E-state index in [4.69, 9.17) is 0 Å². The van der Waals surface area contributed by atoms with Crippen LogP contribution in [0.2, 0.25) is 0 Å². The number of carbonyl (C=O) groups is 1. The number of nitrogens with one attached hydrogen (secondary N) is 1. The Balaban J connectivity index is 2.04. The van der Waals surface area contributed by atoms with Gasteiger partial charge >= 0.3 is 0 Å². The van der Waals surface area contributed by atoms with Gasteiger partial charge in [-0.15, -0.1) is 0 Å². The van der Waals surface area contributed by atoms with Crippen molar-refractivity contribution in [3.05, 3.63) is 35.6 Å². The van der Waals surface area contributed by atoms with Crippen molar-refractivity contribution < 1.29 is 17.6 Å². The van der Waals surface area contributed by atoms with Crippen molar-refractivity contribution in [1.82, 2.24) is 9.62 Å². The third kappa shape index (κ3) is 4.50. The van der Waals surface area contributed by atoms with Crippen LogP contribution in [-0.2, 0) is 20.6 Å². The van der Waals surface area contributed by atoms with Gasteiger partial charge in [0.2, 0.25) is 15.9 Å². The molecule has 0 aromatic heterocycles. The zero-order valence-corrected chi connectivity index (χ0v) is 12.7. The minimum absolute atomic E-state index is 0.140. The molecule has 5 nitrogen and oxygen atoms in total. The maximum atomic E-state index is 12.8. The van der Waals surface area contributed by atoms with E-state index in [1.165, 1.54) is 35.5 Å². The fourth-order valence-corrected chi connectivity index (χ4v) is 4.09. The highest BCUT2D eigenvalue weighted by molar-refractivity contribution is 7.88. The molecule has 7 heteroatoms. The molecule has 116 valence electrons. The van der Waals surface area contributed by atoms with Crippen LogP contribution in [0.3, 0.4) is 0 Å². The predicted molar refractivity (Wildman–Crippen MR) is 77.4 cm³/mol. The van der Waals surface area contributed by atoms with Gasteiger partial charge in [-0.05, 0) is 30.5 Å². The molecule has 1 saturated heterocycles. The summed E-state index contributed by atoms with van der Waals surface area (Å²) >= 11 is 0. The highest BCUT2D eigenvalue weighted by atomic mass is 32.2. The molecule has 1 N–H and O–H groups in total. The summed E-state index contributed by atoms with van der Waals surface area (Å²) in [6.07, 6.45) is 1.50. The minimum atomic E-state index is -3.46. The second-order valence-electron chi connectivity index (χ2n) is 5.28. The lowest BCUT2D eigenvalue weighted by atomic mass is 10.1. The summed E-state index contributed by atoms with van der Waals surface area (Å²) in [5.74, 6) is -0.697. The number of halogens is 1. The van der Waals surface area contributed by atoms with Gasteiger partial charge in [0.15, 0.2) is 0 Å². The predicted octanol–water partition coefficient (Wildman–Crippen LogP) is 1.26. The number of nitrogens with zero attached hydrogens (tertiary/aromatic N) is 1. The Kier molecular flexibility index (Phi) is 4.95. The van der Waals surface area contributed by atoms with Crippen LogP contribution in [0.25, 0.3) is 0 Å². The molecule has 1 amide bonds. The third-order valence-electron chi connectivity index (χ3n) is 3.45. The normalized spacial score (nSPS) is 20.2. The molecule has 0 spiro atoms. The van der Waals surface area contributed by atoms with Gasteiger partial charge in [-0.25, -0.2) is 12.8 Å². The first kappa shape index (κ1) is 15.9. The summed E-state index contributed by atoms with van der Waals surface area (Å²) in [4.78, 5) is 11.1. The van der Waals surface area contributed by atoms with Crippen LogP contribution >= 0.6 is 0 Å². The van der Waals surface area contributed by atoms with Crippen LogP contribution in [0.1, 0.15) is 25.3 Å². The summed E-state index contributed by atoms with van der Waals surface area (Å²) in [7, 11) is -3.46. The summed E-state index contributed by atoms with van der Waals surface area (Å²) < 4.78 is 39.0. The zero-order chi connectivity index (χ0) is 15.5. The van der Waals surface area contributed by atoms with Crippen molar-refractivity contribution in [2.24, 2.45) is 0 Å². The Bertz CT molecular complexity index is 601. The quantitative estimate of drug-likeness (QED) is 0.910. The molecule has 0 unspecified atom stereocenters. The molecule has 1 aromatic carbocycles. The number of amides is 1. The fourth-order valence-electron chi connectivity index (χ4n) is 2.48. The molecule has 1 aliphatic heterocycles. The Hall–Kier alpha value is -1.47. The highest BCUT2D eigenvalue weighted by Gasteiger charge is 2.29. The maximum Gasteiger partial charge on any atom is 0.218 e. The van der Waals surface area contributed by atoms with Gasteiger partial charge in [-0.3, -0.25) is 4.79 Å². The molecule has 1 heterocycles. The van der Waals surface area contributed by atoms with Crippen molar-refractivity contribution in [3.8, 4) is 0 Å². The summed E-state index contributed by atoms with van der Waals surface area (Å²) in [5.41, 5.74) is 0.554. The number of piperidine rings is 1. The largest absolute Gasteiger partial charge is 0.352 e. The van der Waals surface area contributed by atoms with E-state index in [1.807, 2.05) is 0 Å². The third-order valence-corrected chi connectivity index (χ3v) is 5.26.